The lowest BCUT2D eigenvalue weighted by Gasteiger charge is -2.17. The van der Waals surface area contributed by atoms with Crippen molar-refractivity contribution in [2.45, 2.75) is 0 Å². The molecule has 1 aromatic heterocycles. The molecule has 96 valence electrons. The van der Waals surface area contributed by atoms with Gasteiger partial charge in [-0.3, -0.25) is 14.9 Å². The Balaban J connectivity index is 3.01. The first kappa shape index (κ1) is 14.4. The summed E-state index contributed by atoms with van der Waals surface area (Å²) in [4.78, 5) is 23.8. The van der Waals surface area contributed by atoms with Crippen LogP contribution in [0.1, 0.15) is 9.67 Å². The second-order valence-corrected chi connectivity index (χ2v) is 4.97. The van der Waals surface area contributed by atoms with E-state index in [9.17, 15) is 14.9 Å². The van der Waals surface area contributed by atoms with Crippen LogP contribution in [0.3, 0.4) is 0 Å². The molecule has 0 unspecified atom stereocenters. The molecule has 0 bridgehead atoms. The van der Waals surface area contributed by atoms with Gasteiger partial charge < -0.3 is 4.90 Å². The normalized spacial score (nSPS) is 9.83. The minimum absolute atomic E-state index is 0.000469. The van der Waals surface area contributed by atoms with E-state index in [1.165, 1.54) is 11.0 Å². The zero-order valence-corrected chi connectivity index (χ0v) is 11.0. The van der Waals surface area contributed by atoms with Crippen LogP contribution in [0.25, 0.3) is 0 Å². The van der Waals surface area contributed by atoms with Crippen LogP contribution in [0, 0.1) is 10.1 Å². The molecule has 0 N–H and O–H groups in total. The second-order valence-electron chi connectivity index (χ2n) is 3.31. The molecule has 0 spiro atoms. The SMILES string of the molecule is C=CCN(CC=C)C(=O)c1cc([N+](=O)[O-])c(Cl)s1. The van der Waals surface area contributed by atoms with Crippen molar-refractivity contribution in [2.24, 2.45) is 0 Å². The predicted molar refractivity (Wildman–Crippen MR) is 72.3 cm³/mol. The Labute approximate surface area is 113 Å². The van der Waals surface area contributed by atoms with Gasteiger partial charge in [0, 0.05) is 19.2 Å². The Morgan fingerprint density at radius 3 is 2.44 bits per heavy atom. The number of carbonyl (C=O) groups is 1. The summed E-state index contributed by atoms with van der Waals surface area (Å²) in [5, 5.41) is 10.6. The fourth-order valence-electron chi connectivity index (χ4n) is 1.30. The number of amides is 1. The molecule has 0 aromatic carbocycles. The van der Waals surface area contributed by atoms with Crippen LogP contribution in [0.15, 0.2) is 31.4 Å². The maximum Gasteiger partial charge on any atom is 0.299 e. The number of rotatable bonds is 6. The maximum atomic E-state index is 12.1. The maximum absolute atomic E-state index is 12.1. The van der Waals surface area contributed by atoms with Crippen molar-refractivity contribution < 1.29 is 9.72 Å². The van der Waals surface area contributed by atoms with Gasteiger partial charge in [-0.25, -0.2) is 0 Å². The highest BCUT2D eigenvalue weighted by atomic mass is 35.5. The van der Waals surface area contributed by atoms with E-state index in [1.54, 1.807) is 12.2 Å². The smallest absolute Gasteiger partial charge is 0.299 e. The average molecular weight is 287 g/mol. The highest BCUT2D eigenvalue weighted by Gasteiger charge is 2.23. The molecule has 5 nitrogen and oxygen atoms in total. The Kier molecular flexibility index (Phi) is 5.06. The summed E-state index contributed by atoms with van der Waals surface area (Å²) in [5.41, 5.74) is -0.248. The van der Waals surface area contributed by atoms with Crippen molar-refractivity contribution in [1.82, 2.24) is 4.90 Å². The topological polar surface area (TPSA) is 63.5 Å². The van der Waals surface area contributed by atoms with Crippen molar-refractivity contribution in [2.75, 3.05) is 13.1 Å². The molecule has 1 amide bonds. The number of hydrogen-bond acceptors (Lipinski definition) is 4. The van der Waals surface area contributed by atoms with Crippen LogP contribution in [0.2, 0.25) is 4.34 Å². The first-order valence-electron chi connectivity index (χ1n) is 4.96. The Bertz CT molecular complexity index is 488. The first-order valence-corrected chi connectivity index (χ1v) is 6.15. The Morgan fingerprint density at radius 2 is 2.06 bits per heavy atom. The Morgan fingerprint density at radius 1 is 1.50 bits per heavy atom. The van der Waals surface area contributed by atoms with Crippen LogP contribution >= 0.6 is 22.9 Å². The van der Waals surface area contributed by atoms with E-state index in [0.717, 1.165) is 11.3 Å². The lowest BCUT2D eigenvalue weighted by atomic mass is 10.3. The fraction of sp³-hybridized carbons (Fsp3) is 0.182. The number of hydrogen-bond donors (Lipinski definition) is 0. The molecule has 1 heterocycles. The minimum Gasteiger partial charge on any atom is -0.331 e. The number of carbonyl (C=O) groups excluding carboxylic acids is 1. The van der Waals surface area contributed by atoms with E-state index in [4.69, 9.17) is 11.6 Å². The predicted octanol–water partition coefficient (Wildman–Crippen LogP) is 3.12. The van der Waals surface area contributed by atoms with Gasteiger partial charge in [-0.05, 0) is 0 Å². The van der Waals surface area contributed by atoms with E-state index in [0.29, 0.717) is 13.1 Å². The van der Waals surface area contributed by atoms with E-state index >= 15 is 0 Å². The summed E-state index contributed by atoms with van der Waals surface area (Å²) in [7, 11) is 0. The molecular formula is C11H11ClN2O3S. The summed E-state index contributed by atoms with van der Waals surface area (Å²) in [6.07, 6.45) is 3.15. The van der Waals surface area contributed by atoms with Gasteiger partial charge in [0.25, 0.3) is 11.6 Å². The Hall–Kier alpha value is -1.66. The van der Waals surface area contributed by atoms with Gasteiger partial charge in [0.05, 0.1) is 4.92 Å². The number of nitro groups is 1. The fourth-order valence-corrected chi connectivity index (χ4v) is 2.49. The van der Waals surface area contributed by atoms with Crippen molar-refractivity contribution in [1.29, 1.82) is 0 Å². The third kappa shape index (κ3) is 3.18. The molecule has 7 heteroatoms. The lowest BCUT2D eigenvalue weighted by molar-refractivity contribution is -0.384. The van der Waals surface area contributed by atoms with E-state index < -0.39 is 4.92 Å². The van der Waals surface area contributed by atoms with E-state index in [2.05, 4.69) is 13.2 Å². The molecule has 0 saturated carbocycles. The van der Waals surface area contributed by atoms with Gasteiger partial charge in [0.2, 0.25) is 0 Å². The summed E-state index contributed by atoms with van der Waals surface area (Å²) in [6, 6.07) is 1.19. The third-order valence-corrected chi connectivity index (χ3v) is 3.39. The molecule has 1 rings (SSSR count). The zero-order chi connectivity index (χ0) is 13.7. The van der Waals surface area contributed by atoms with Crippen molar-refractivity contribution in [3.63, 3.8) is 0 Å². The van der Waals surface area contributed by atoms with Gasteiger partial charge in [0.15, 0.2) is 4.34 Å². The van der Waals surface area contributed by atoms with Gasteiger partial charge in [-0.15, -0.1) is 24.5 Å². The van der Waals surface area contributed by atoms with E-state index in [-0.39, 0.29) is 20.8 Å². The van der Waals surface area contributed by atoms with Crippen molar-refractivity contribution in [3.05, 3.63) is 50.7 Å². The van der Waals surface area contributed by atoms with E-state index in [1.807, 2.05) is 0 Å². The van der Waals surface area contributed by atoms with Crippen LogP contribution in [-0.2, 0) is 0 Å². The molecular weight excluding hydrogens is 276 g/mol. The molecule has 0 fully saturated rings. The quantitative estimate of drug-likeness (QED) is 0.458. The third-order valence-electron chi connectivity index (χ3n) is 2.06. The zero-order valence-electron chi connectivity index (χ0n) is 9.47. The largest absolute Gasteiger partial charge is 0.331 e. The van der Waals surface area contributed by atoms with Crippen molar-refractivity contribution in [3.8, 4) is 0 Å². The van der Waals surface area contributed by atoms with Gasteiger partial charge >= 0.3 is 0 Å². The number of halogens is 1. The first-order chi connectivity index (χ1) is 8.51. The molecule has 18 heavy (non-hydrogen) atoms. The molecule has 0 radical (unpaired) electrons. The average Bonchev–Trinajstić information content (AvgIpc) is 2.70. The van der Waals surface area contributed by atoms with Crippen LogP contribution in [0.5, 0.6) is 0 Å². The van der Waals surface area contributed by atoms with Gasteiger partial charge in [-0.1, -0.05) is 23.8 Å². The summed E-state index contributed by atoms with van der Waals surface area (Å²) < 4.78 is 0.000469. The second kappa shape index (κ2) is 6.32. The monoisotopic (exact) mass is 286 g/mol. The highest BCUT2D eigenvalue weighted by Crippen LogP contribution is 2.34. The molecule has 0 atom stereocenters. The van der Waals surface area contributed by atoms with Crippen LogP contribution < -0.4 is 0 Å². The number of thiophene rings is 1. The summed E-state index contributed by atoms with van der Waals surface area (Å²) in [6.45, 7) is 7.78. The number of nitrogens with zero attached hydrogens (tertiary/aromatic N) is 2. The lowest BCUT2D eigenvalue weighted by Crippen LogP contribution is -2.30. The van der Waals surface area contributed by atoms with Crippen LogP contribution in [0.4, 0.5) is 5.69 Å². The standard InChI is InChI=1S/C11H11ClN2O3S/c1-3-5-13(6-4-2)11(15)9-7-8(14(16)17)10(12)18-9/h3-4,7H,1-2,5-6H2. The highest BCUT2D eigenvalue weighted by molar-refractivity contribution is 7.18. The molecule has 0 aliphatic carbocycles. The molecule has 0 aliphatic rings. The summed E-state index contributed by atoms with van der Waals surface area (Å²) >= 11 is 6.60. The minimum atomic E-state index is -0.610. The summed E-state index contributed by atoms with van der Waals surface area (Å²) in [5.74, 6) is -0.324. The molecule has 0 saturated heterocycles. The van der Waals surface area contributed by atoms with Crippen LogP contribution in [-0.4, -0.2) is 28.8 Å². The van der Waals surface area contributed by atoms with Gasteiger partial charge in [0.1, 0.15) is 4.88 Å². The molecule has 1 aromatic rings. The van der Waals surface area contributed by atoms with Crippen molar-refractivity contribution >= 4 is 34.5 Å². The van der Waals surface area contributed by atoms with Gasteiger partial charge in [-0.2, -0.15) is 0 Å². The molecule has 0 aliphatic heterocycles.